The normalized spacial score (nSPS) is 10.7. The molecular weight excluding hydrogens is 254 g/mol. The average molecular weight is 271 g/mol. The van der Waals surface area contributed by atoms with Gasteiger partial charge in [-0.25, -0.2) is 4.98 Å². The van der Waals surface area contributed by atoms with E-state index < -0.39 is 5.97 Å². The summed E-state index contributed by atoms with van der Waals surface area (Å²) in [5.41, 5.74) is 0.797. The number of carbonyl (C=O) groups excluding carboxylic acids is 1. The summed E-state index contributed by atoms with van der Waals surface area (Å²) in [6.07, 6.45) is 0.292. The highest BCUT2D eigenvalue weighted by atomic mass is 32.1. The molecule has 0 unspecified atom stereocenters. The van der Waals surface area contributed by atoms with E-state index in [9.17, 15) is 9.59 Å². The monoisotopic (exact) mass is 271 g/mol. The van der Waals surface area contributed by atoms with Crippen LogP contribution in [0.5, 0.6) is 0 Å². The van der Waals surface area contributed by atoms with Crippen LogP contribution in [-0.4, -0.2) is 59.5 Å². The van der Waals surface area contributed by atoms with Crippen LogP contribution in [0.15, 0.2) is 5.38 Å². The number of rotatable bonds is 6. The highest BCUT2D eigenvalue weighted by molar-refractivity contribution is 7.09. The maximum atomic E-state index is 11.5. The number of hydrogen-bond acceptors (Lipinski definition) is 5. The molecule has 1 N–H and O–H groups in total. The summed E-state index contributed by atoms with van der Waals surface area (Å²) < 4.78 is 0. The summed E-state index contributed by atoms with van der Waals surface area (Å²) in [6.45, 7) is 0.447. The smallest absolute Gasteiger partial charge is 0.317 e. The van der Waals surface area contributed by atoms with Crippen molar-refractivity contribution in [3.63, 3.8) is 0 Å². The van der Waals surface area contributed by atoms with Crippen molar-refractivity contribution in [2.75, 3.05) is 27.7 Å². The molecule has 0 bridgehead atoms. The maximum absolute atomic E-state index is 11.5. The average Bonchev–Trinajstić information content (AvgIpc) is 2.63. The lowest BCUT2D eigenvalue weighted by atomic mass is 10.4. The third-order valence-corrected chi connectivity index (χ3v) is 3.14. The molecule has 1 aromatic rings. The van der Waals surface area contributed by atoms with Gasteiger partial charge in [0.1, 0.15) is 5.01 Å². The molecule has 7 heteroatoms. The van der Waals surface area contributed by atoms with Crippen LogP contribution in [0, 0.1) is 0 Å². The lowest BCUT2D eigenvalue weighted by Gasteiger charge is -2.11. The Balaban J connectivity index is 2.53. The minimum Gasteiger partial charge on any atom is -0.480 e. The van der Waals surface area contributed by atoms with Gasteiger partial charge in [-0.05, 0) is 7.05 Å². The van der Waals surface area contributed by atoms with E-state index in [0.29, 0.717) is 13.0 Å². The third kappa shape index (κ3) is 4.80. The van der Waals surface area contributed by atoms with Gasteiger partial charge in [-0.2, -0.15) is 0 Å². The van der Waals surface area contributed by atoms with Crippen LogP contribution in [0.25, 0.3) is 0 Å². The van der Waals surface area contributed by atoms with Crippen LogP contribution in [0.2, 0.25) is 0 Å². The molecule has 1 heterocycles. The first kappa shape index (κ1) is 14.6. The van der Waals surface area contributed by atoms with Gasteiger partial charge in [0.2, 0.25) is 5.91 Å². The number of amides is 1. The summed E-state index contributed by atoms with van der Waals surface area (Å²) >= 11 is 1.42. The van der Waals surface area contributed by atoms with E-state index in [1.54, 1.807) is 26.0 Å². The summed E-state index contributed by atoms with van der Waals surface area (Å²) in [5.74, 6) is -0.856. The van der Waals surface area contributed by atoms with Gasteiger partial charge in [-0.1, -0.05) is 0 Å². The van der Waals surface area contributed by atoms with Crippen molar-refractivity contribution in [2.45, 2.75) is 13.0 Å². The highest BCUT2D eigenvalue weighted by Crippen LogP contribution is 2.12. The van der Waals surface area contributed by atoms with E-state index in [2.05, 4.69) is 4.98 Å². The van der Waals surface area contributed by atoms with Crippen molar-refractivity contribution in [1.29, 1.82) is 0 Å². The van der Waals surface area contributed by atoms with Crippen molar-refractivity contribution in [1.82, 2.24) is 14.8 Å². The van der Waals surface area contributed by atoms with Crippen molar-refractivity contribution in [3.8, 4) is 0 Å². The largest absolute Gasteiger partial charge is 0.480 e. The maximum Gasteiger partial charge on any atom is 0.317 e. The molecular formula is C11H17N3O3S. The lowest BCUT2D eigenvalue weighted by molar-refractivity contribution is -0.138. The van der Waals surface area contributed by atoms with Crippen molar-refractivity contribution in [2.24, 2.45) is 0 Å². The third-order valence-electron chi connectivity index (χ3n) is 2.24. The predicted octanol–water partition coefficient (Wildman–Crippen LogP) is 0.290. The van der Waals surface area contributed by atoms with Crippen molar-refractivity contribution >= 4 is 23.2 Å². The second kappa shape index (κ2) is 6.46. The number of thiazole rings is 1. The molecule has 1 rings (SSSR count). The first-order valence-corrected chi connectivity index (χ1v) is 6.30. The first-order valence-electron chi connectivity index (χ1n) is 5.42. The number of carboxylic acids is 1. The van der Waals surface area contributed by atoms with E-state index in [1.807, 2.05) is 5.38 Å². The molecule has 0 fully saturated rings. The zero-order chi connectivity index (χ0) is 13.7. The standard InChI is InChI=1S/C11H17N3O3S/c1-13(2)10(15)4-9-12-8(7-18-9)5-14(3)6-11(16)17/h7H,4-6H2,1-3H3,(H,16,17). The molecule has 18 heavy (non-hydrogen) atoms. The number of hydrogen-bond donors (Lipinski definition) is 1. The molecule has 0 aliphatic rings. The molecule has 1 aromatic heterocycles. The van der Waals surface area contributed by atoms with E-state index in [4.69, 9.17) is 5.11 Å². The van der Waals surface area contributed by atoms with Crippen LogP contribution in [0.3, 0.4) is 0 Å². The summed E-state index contributed by atoms with van der Waals surface area (Å²) in [7, 11) is 5.13. The van der Waals surface area contributed by atoms with Gasteiger partial charge < -0.3 is 10.0 Å². The van der Waals surface area contributed by atoms with Gasteiger partial charge in [0.25, 0.3) is 0 Å². The molecule has 0 saturated heterocycles. The molecule has 0 saturated carbocycles. The van der Waals surface area contributed by atoms with Gasteiger partial charge in [0.15, 0.2) is 0 Å². The number of carboxylic acid groups (broad SMARTS) is 1. The van der Waals surface area contributed by atoms with Gasteiger partial charge in [0.05, 0.1) is 18.7 Å². The second-order valence-corrected chi connectivity index (χ2v) is 5.21. The topological polar surface area (TPSA) is 73.7 Å². The molecule has 0 aliphatic carbocycles. The molecule has 0 aromatic carbocycles. The van der Waals surface area contributed by atoms with E-state index in [-0.39, 0.29) is 12.5 Å². The molecule has 0 spiro atoms. The quantitative estimate of drug-likeness (QED) is 0.805. The Morgan fingerprint density at radius 1 is 1.39 bits per heavy atom. The number of carbonyl (C=O) groups is 2. The SMILES string of the molecule is CN(CC(=O)O)Cc1csc(CC(=O)N(C)C)n1. The number of nitrogens with zero attached hydrogens (tertiary/aromatic N) is 3. The van der Waals surface area contributed by atoms with Crippen LogP contribution in [-0.2, 0) is 22.6 Å². The molecule has 0 radical (unpaired) electrons. The molecule has 0 atom stereocenters. The van der Waals surface area contributed by atoms with Crippen molar-refractivity contribution in [3.05, 3.63) is 16.1 Å². The lowest BCUT2D eigenvalue weighted by Crippen LogP contribution is -2.25. The Labute approximate surface area is 110 Å². The molecule has 6 nitrogen and oxygen atoms in total. The van der Waals surface area contributed by atoms with Crippen LogP contribution < -0.4 is 0 Å². The van der Waals surface area contributed by atoms with Gasteiger partial charge in [0, 0.05) is 26.0 Å². The molecule has 100 valence electrons. The van der Waals surface area contributed by atoms with Crippen LogP contribution in [0.1, 0.15) is 10.7 Å². The van der Waals surface area contributed by atoms with Gasteiger partial charge in [-0.3, -0.25) is 14.5 Å². The molecule has 0 aliphatic heterocycles. The number of aromatic nitrogens is 1. The second-order valence-electron chi connectivity index (χ2n) is 4.26. The fourth-order valence-corrected chi connectivity index (χ4v) is 2.13. The first-order chi connectivity index (χ1) is 8.38. The Morgan fingerprint density at radius 2 is 2.06 bits per heavy atom. The predicted molar refractivity (Wildman–Crippen MR) is 68.5 cm³/mol. The van der Waals surface area contributed by atoms with E-state index in [0.717, 1.165) is 10.7 Å². The molecule has 1 amide bonds. The van der Waals surface area contributed by atoms with Gasteiger partial charge >= 0.3 is 5.97 Å². The fourth-order valence-electron chi connectivity index (χ4n) is 1.35. The Hall–Kier alpha value is -1.47. The Kier molecular flexibility index (Phi) is 5.24. The zero-order valence-electron chi connectivity index (χ0n) is 10.7. The summed E-state index contributed by atoms with van der Waals surface area (Å²) in [5, 5.41) is 11.3. The Morgan fingerprint density at radius 3 is 2.61 bits per heavy atom. The number of likely N-dealkylation sites (N-methyl/N-ethyl adjacent to an activating group) is 2. The minimum atomic E-state index is -0.865. The van der Waals surface area contributed by atoms with Crippen LogP contribution in [0.4, 0.5) is 0 Å². The Bertz CT molecular complexity index is 431. The van der Waals surface area contributed by atoms with Crippen LogP contribution >= 0.6 is 11.3 Å². The van der Waals surface area contributed by atoms with Gasteiger partial charge in [-0.15, -0.1) is 11.3 Å². The summed E-state index contributed by atoms with van der Waals surface area (Å²) in [6, 6.07) is 0. The number of aliphatic carboxylic acids is 1. The van der Waals surface area contributed by atoms with Crippen molar-refractivity contribution < 1.29 is 14.7 Å². The zero-order valence-corrected chi connectivity index (χ0v) is 11.5. The highest BCUT2D eigenvalue weighted by Gasteiger charge is 2.11. The minimum absolute atomic E-state index is 0.00907. The summed E-state index contributed by atoms with van der Waals surface area (Å²) in [4.78, 5) is 29.5. The van der Waals surface area contributed by atoms with E-state index in [1.165, 1.54) is 16.2 Å². The fraction of sp³-hybridized carbons (Fsp3) is 0.545. The van der Waals surface area contributed by atoms with E-state index >= 15 is 0 Å².